The van der Waals surface area contributed by atoms with Crippen LogP contribution in [0.3, 0.4) is 0 Å². The number of benzene rings is 2. The zero-order valence-corrected chi connectivity index (χ0v) is 22.6. The minimum absolute atomic E-state index is 0.0188. The van der Waals surface area contributed by atoms with Crippen molar-refractivity contribution in [3.63, 3.8) is 0 Å². The molecule has 1 saturated heterocycles. The van der Waals surface area contributed by atoms with Crippen LogP contribution in [-0.2, 0) is 16.0 Å². The molecule has 0 aliphatic carbocycles. The van der Waals surface area contributed by atoms with Gasteiger partial charge in [-0.15, -0.1) is 0 Å². The summed E-state index contributed by atoms with van der Waals surface area (Å²) in [4.78, 5) is 45.1. The van der Waals surface area contributed by atoms with E-state index in [0.717, 1.165) is 51.7 Å². The molecule has 3 N–H and O–H groups in total. The molecule has 2 aliphatic heterocycles. The number of amides is 3. The van der Waals surface area contributed by atoms with E-state index in [0.29, 0.717) is 31.0 Å². The predicted octanol–water partition coefficient (Wildman–Crippen LogP) is 3.63. The van der Waals surface area contributed by atoms with Gasteiger partial charge >= 0.3 is 0 Å². The van der Waals surface area contributed by atoms with Crippen molar-refractivity contribution in [2.45, 2.75) is 65.5 Å². The third kappa shape index (κ3) is 4.99. The Kier molecular flexibility index (Phi) is 7.15. The van der Waals surface area contributed by atoms with E-state index in [1.165, 1.54) is 0 Å². The molecule has 4 bridgehead atoms. The molecule has 8 nitrogen and oxygen atoms in total. The summed E-state index contributed by atoms with van der Waals surface area (Å²) in [5.41, 5.74) is 6.75. The lowest BCUT2D eigenvalue weighted by Gasteiger charge is -2.31. The van der Waals surface area contributed by atoms with Crippen molar-refractivity contribution < 1.29 is 19.1 Å². The van der Waals surface area contributed by atoms with Gasteiger partial charge in [0, 0.05) is 47.2 Å². The van der Waals surface area contributed by atoms with Crippen molar-refractivity contribution in [1.29, 1.82) is 0 Å². The molecule has 200 valence electrons. The number of carbonyl (C=O) groups excluding carboxylic acids is 3. The molecule has 2 aromatic carbocycles. The Morgan fingerprint density at radius 3 is 2.53 bits per heavy atom. The lowest BCUT2D eigenvalue weighted by atomic mass is 10.00. The van der Waals surface area contributed by atoms with Crippen molar-refractivity contribution in [3.05, 3.63) is 63.8 Å². The first kappa shape index (κ1) is 25.8. The number of carbonyl (C=O) groups is 3. The highest BCUT2D eigenvalue weighted by molar-refractivity contribution is 5.95. The van der Waals surface area contributed by atoms with E-state index in [2.05, 4.69) is 41.6 Å². The molecular formula is C30H36N4O4. The van der Waals surface area contributed by atoms with E-state index in [1.54, 1.807) is 12.1 Å². The number of nitrogens with zero attached hydrogens (tertiary/aromatic N) is 1. The molecule has 1 fully saturated rings. The Morgan fingerprint density at radius 2 is 1.71 bits per heavy atom. The van der Waals surface area contributed by atoms with E-state index in [1.807, 2.05) is 24.8 Å². The molecule has 3 heterocycles. The zero-order chi connectivity index (χ0) is 27.0. The summed E-state index contributed by atoms with van der Waals surface area (Å²) in [6, 6.07) is 9.16. The van der Waals surface area contributed by atoms with Crippen LogP contribution in [0.1, 0.15) is 57.6 Å². The number of nitrogens with one attached hydrogen (secondary N) is 3. The molecule has 0 spiro atoms. The average molecular weight is 517 g/mol. The summed E-state index contributed by atoms with van der Waals surface area (Å²) in [6.07, 6.45) is 1.93. The normalized spacial score (nSPS) is 20.4. The minimum Gasteiger partial charge on any atom is -0.491 e. The molecule has 3 amide bonds. The summed E-state index contributed by atoms with van der Waals surface area (Å²) >= 11 is 0. The number of aryl methyl sites for hydroxylation is 4. The van der Waals surface area contributed by atoms with Gasteiger partial charge in [-0.2, -0.15) is 0 Å². The second kappa shape index (κ2) is 10.5. The third-order valence-corrected chi connectivity index (χ3v) is 7.98. The maximum atomic E-state index is 13.9. The van der Waals surface area contributed by atoms with Gasteiger partial charge < -0.3 is 25.3 Å². The molecule has 0 radical (unpaired) electrons. The van der Waals surface area contributed by atoms with Crippen molar-refractivity contribution in [3.8, 4) is 5.75 Å². The molecule has 5 rings (SSSR count). The monoisotopic (exact) mass is 516 g/mol. The number of hydrogen-bond acceptors (Lipinski definition) is 4. The molecule has 3 aromatic rings. The number of hydrogen-bond donors (Lipinski definition) is 3. The number of aromatic nitrogens is 1. The fraction of sp³-hybridized carbons (Fsp3) is 0.433. The van der Waals surface area contributed by atoms with Gasteiger partial charge in [-0.05, 0) is 74.9 Å². The molecule has 8 heteroatoms. The van der Waals surface area contributed by atoms with Crippen LogP contribution in [0.5, 0.6) is 5.75 Å². The van der Waals surface area contributed by atoms with Crippen molar-refractivity contribution in [1.82, 2.24) is 20.5 Å². The number of rotatable bonds is 2. The van der Waals surface area contributed by atoms with Gasteiger partial charge in [0.2, 0.25) is 11.8 Å². The van der Waals surface area contributed by atoms with E-state index in [-0.39, 0.29) is 42.6 Å². The van der Waals surface area contributed by atoms with Crippen molar-refractivity contribution in [2.75, 3.05) is 19.7 Å². The Bertz CT molecular complexity index is 1410. The summed E-state index contributed by atoms with van der Waals surface area (Å²) < 4.78 is 5.83. The Hall–Kier alpha value is -3.81. The largest absolute Gasteiger partial charge is 0.491 e. The first-order chi connectivity index (χ1) is 18.2. The maximum Gasteiger partial charge on any atom is 0.251 e. The smallest absolute Gasteiger partial charge is 0.251 e. The third-order valence-electron chi connectivity index (χ3n) is 7.98. The van der Waals surface area contributed by atoms with Crippen LogP contribution in [0.2, 0.25) is 0 Å². The second-order valence-electron chi connectivity index (χ2n) is 10.6. The highest BCUT2D eigenvalue weighted by atomic mass is 16.5. The van der Waals surface area contributed by atoms with E-state index >= 15 is 0 Å². The van der Waals surface area contributed by atoms with Gasteiger partial charge in [0.1, 0.15) is 12.4 Å². The van der Waals surface area contributed by atoms with Gasteiger partial charge in [-0.1, -0.05) is 18.2 Å². The number of fused-ring (bicyclic) bond motifs is 5. The van der Waals surface area contributed by atoms with Crippen molar-refractivity contribution >= 4 is 28.6 Å². The zero-order valence-electron chi connectivity index (χ0n) is 22.6. The lowest BCUT2D eigenvalue weighted by Crippen LogP contribution is -2.48. The molecule has 1 aromatic heterocycles. The molecular weight excluding hydrogens is 480 g/mol. The van der Waals surface area contributed by atoms with Crippen LogP contribution in [-0.4, -0.2) is 59.4 Å². The highest BCUT2D eigenvalue weighted by Gasteiger charge is 2.38. The Morgan fingerprint density at radius 1 is 0.974 bits per heavy atom. The fourth-order valence-corrected chi connectivity index (χ4v) is 5.89. The molecule has 2 aliphatic rings. The van der Waals surface area contributed by atoms with Gasteiger partial charge in [0.05, 0.1) is 13.0 Å². The van der Waals surface area contributed by atoms with Crippen LogP contribution in [0.25, 0.3) is 10.9 Å². The van der Waals surface area contributed by atoms with Crippen LogP contribution >= 0.6 is 0 Å². The fourth-order valence-electron chi connectivity index (χ4n) is 5.89. The quantitative estimate of drug-likeness (QED) is 0.484. The Balaban J connectivity index is 1.43. The number of aromatic amines is 1. The predicted molar refractivity (Wildman–Crippen MR) is 147 cm³/mol. The van der Waals surface area contributed by atoms with Gasteiger partial charge in [0.25, 0.3) is 5.91 Å². The van der Waals surface area contributed by atoms with E-state index in [9.17, 15) is 14.4 Å². The van der Waals surface area contributed by atoms with Gasteiger partial charge in [-0.25, -0.2) is 0 Å². The first-order valence-electron chi connectivity index (χ1n) is 13.4. The SMILES string of the molecule is Cc1ccc2cc1OCCNC(=O)C[C@@H]1CC[C@H](CNC2=O)N1C(=O)Cc1c(C)[nH]c2c(C)ccc(C)c12. The number of H-pyrrole nitrogens is 1. The van der Waals surface area contributed by atoms with Crippen molar-refractivity contribution in [2.24, 2.45) is 0 Å². The minimum atomic E-state index is -0.216. The van der Waals surface area contributed by atoms with Gasteiger partial charge in [-0.3, -0.25) is 14.4 Å². The maximum absolute atomic E-state index is 13.9. The van der Waals surface area contributed by atoms with Gasteiger partial charge in [0.15, 0.2) is 0 Å². The second-order valence-corrected chi connectivity index (χ2v) is 10.6. The molecule has 0 saturated carbocycles. The summed E-state index contributed by atoms with van der Waals surface area (Å²) in [7, 11) is 0. The topological polar surface area (TPSA) is 104 Å². The summed E-state index contributed by atoms with van der Waals surface area (Å²) in [5.74, 6) is 0.305. The van der Waals surface area contributed by atoms with E-state index in [4.69, 9.17) is 4.74 Å². The lowest BCUT2D eigenvalue weighted by molar-refractivity contribution is -0.134. The van der Waals surface area contributed by atoms with Crippen LogP contribution < -0.4 is 15.4 Å². The summed E-state index contributed by atoms with van der Waals surface area (Å²) in [5, 5.41) is 7.06. The molecule has 2 atom stereocenters. The highest BCUT2D eigenvalue weighted by Crippen LogP contribution is 2.32. The van der Waals surface area contributed by atoms with Crippen LogP contribution in [0.15, 0.2) is 30.3 Å². The molecule has 0 unspecified atom stereocenters. The van der Waals surface area contributed by atoms with Crippen LogP contribution in [0, 0.1) is 27.7 Å². The average Bonchev–Trinajstić information content (AvgIpc) is 3.44. The standard InChI is InChI=1S/C30H36N4O4/c1-17-7-8-21-13-25(17)38-12-11-31-26(35)14-22-9-10-23(16-32-30(21)37)34(22)27(36)15-24-20(4)33-29-19(3)6-5-18(2)28(24)29/h5-8,13,22-23,33H,9-12,14-16H2,1-4H3,(H,31,35)(H,32,37)/t22-,23+/m0/s1. The van der Waals surface area contributed by atoms with Crippen LogP contribution in [0.4, 0.5) is 0 Å². The first-order valence-corrected chi connectivity index (χ1v) is 13.4. The van der Waals surface area contributed by atoms with E-state index < -0.39 is 0 Å². The number of ether oxygens (including phenoxy) is 1. The Labute approximate surface area is 223 Å². The summed E-state index contributed by atoms with van der Waals surface area (Å²) in [6.45, 7) is 9.04. The molecule has 38 heavy (non-hydrogen) atoms.